The van der Waals surface area contributed by atoms with Crippen molar-refractivity contribution < 1.29 is 4.79 Å². The van der Waals surface area contributed by atoms with Gasteiger partial charge in [0.05, 0.1) is 18.8 Å². The Kier molecular flexibility index (Phi) is 4.53. The van der Waals surface area contributed by atoms with Gasteiger partial charge in [-0.05, 0) is 30.4 Å². The van der Waals surface area contributed by atoms with Crippen molar-refractivity contribution in [2.75, 3.05) is 7.05 Å². The molecule has 0 unspecified atom stereocenters. The molecule has 2 aromatic heterocycles. The molecule has 0 radical (unpaired) electrons. The SMILES string of the molecule is CN(Cc1cc2ccccc2s1)C(=O)c1cn(C2CCCCC2)nn1. The summed E-state index contributed by atoms with van der Waals surface area (Å²) >= 11 is 1.73. The van der Waals surface area contributed by atoms with Gasteiger partial charge in [-0.3, -0.25) is 4.79 Å². The van der Waals surface area contributed by atoms with Gasteiger partial charge in [0.25, 0.3) is 5.91 Å². The molecule has 5 nitrogen and oxygen atoms in total. The van der Waals surface area contributed by atoms with Gasteiger partial charge >= 0.3 is 0 Å². The van der Waals surface area contributed by atoms with Crippen molar-refractivity contribution in [1.29, 1.82) is 0 Å². The van der Waals surface area contributed by atoms with Gasteiger partial charge in [-0.1, -0.05) is 42.7 Å². The molecule has 1 aromatic carbocycles. The normalized spacial score (nSPS) is 15.6. The van der Waals surface area contributed by atoms with Crippen molar-refractivity contribution in [3.05, 3.63) is 47.1 Å². The maximum Gasteiger partial charge on any atom is 0.276 e. The molecule has 4 rings (SSSR count). The number of amides is 1. The zero-order chi connectivity index (χ0) is 17.2. The number of carbonyl (C=O) groups excluding carboxylic acids is 1. The van der Waals surface area contributed by atoms with Crippen LogP contribution in [0.1, 0.15) is 53.5 Å². The summed E-state index contributed by atoms with van der Waals surface area (Å²) in [5.41, 5.74) is 0.439. The molecule has 1 aliphatic rings. The van der Waals surface area contributed by atoms with Crippen LogP contribution in [0.2, 0.25) is 0 Å². The number of carbonyl (C=O) groups is 1. The number of hydrogen-bond acceptors (Lipinski definition) is 4. The van der Waals surface area contributed by atoms with E-state index >= 15 is 0 Å². The third-order valence-electron chi connectivity index (χ3n) is 4.89. The van der Waals surface area contributed by atoms with E-state index < -0.39 is 0 Å². The maximum atomic E-state index is 12.7. The fourth-order valence-electron chi connectivity index (χ4n) is 3.51. The molecule has 1 amide bonds. The molecule has 0 saturated heterocycles. The van der Waals surface area contributed by atoms with Crippen LogP contribution in [0, 0.1) is 0 Å². The Bertz CT molecular complexity index is 845. The summed E-state index contributed by atoms with van der Waals surface area (Å²) in [4.78, 5) is 15.6. The fourth-order valence-corrected chi connectivity index (χ4v) is 4.63. The van der Waals surface area contributed by atoms with E-state index in [1.54, 1.807) is 16.2 Å². The molecular formula is C19H22N4OS. The van der Waals surface area contributed by atoms with E-state index in [9.17, 15) is 4.79 Å². The van der Waals surface area contributed by atoms with E-state index in [4.69, 9.17) is 0 Å². The smallest absolute Gasteiger partial charge is 0.276 e. The topological polar surface area (TPSA) is 51.0 Å². The molecule has 1 saturated carbocycles. The second-order valence-electron chi connectivity index (χ2n) is 6.79. The molecule has 130 valence electrons. The molecule has 2 heterocycles. The Morgan fingerprint density at radius 3 is 2.88 bits per heavy atom. The second-order valence-corrected chi connectivity index (χ2v) is 7.96. The van der Waals surface area contributed by atoms with E-state index in [2.05, 4.69) is 28.5 Å². The number of nitrogens with zero attached hydrogens (tertiary/aromatic N) is 4. The lowest BCUT2D eigenvalue weighted by atomic mass is 9.96. The summed E-state index contributed by atoms with van der Waals surface area (Å²) in [7, 11) is 1.83. The van der Waals surface area contributed by atoms with Gasteiger partial charge in [-0.25, -0.2) is 4.68 Å². The van der Waals surface area contributed by atoms with Crippen molar-refractivity contribution in [2.24, 2.45) is 0 Å². The Morgan fingerprint density at radius 2 is 2.08 bits per heavy atom. The average molecular weight is 354 g/mol. The van der Waals surface area contributed by atoms with Crippen LogP contribution in [0.15, 0.2) is 36.5 Å². The van der Waals surface area contributed by atoms with Crippen LogP contribution in [-0.2, 0) is 6.54 Å². The highest BCUT2D eigenvalue weighted by Crippen LogP contribution is 2.28. The first-order valence-electron chi connectivity index (χ1n) is 8.85. The Balaban J connectivity index is 1.45. The van der Waals surface area contributed by atoms with Crippen molar-refractivity contribution in [1.82, 2.24) is 19.9 Å². The van der Waals surface area contributed by atoms with Gasteiger partial charge in [0.2, 0.25) is 0 Å². The lowest BCUT2D eigenvalue weighted by Crippen LogP contribution is -2.26. The second kappa shape index (κ2) is 6.96. The molecule has 0 aliphatic heterocycles. The average Bonchev–Trinajstić information content (AvgIpc) is 3.28. The summed E-state index contributed by atoms with van der Waals surface area (Å²) in [5, 5.41) is 9.56. The summed E-state index contributed by atoms with van der Waals surface area (Å²) in [6, 6.07) is 10.9. The summed E-state index contributed by atoms with van der Waals surface area (Å²) in [6.07, 6.45) is 7.86. The number of benzene rings is 1. The monoisotopic (exact) mass is 354 g/mol. The molecule has 0 bridgehead atoms. The zero-order valence-corrected chi connectivity index (χ0v) is 15.2. The van der Waals surface area contributed by atoms with E-state index in [0.29, 0.717) is 18.3 Å². The van der Waals surface area contributed by atoms with Gasteiger partial charge in [0.1, 0.15) is 0 Å². The Morgan fingerprint density at radius 1 is 1.28 bits per heavy atom. The number of fused-ring (bicyclic) bond motifs is 1. The third-order valence-corrected chi connectivity index (χ3v) is 6.00. The van der Waals surface area contributed by atoms with E-state index in [-0.39, 0.29) is 5.91 Å². The maximum absolute atomic E-state index is 12.7. The quantitative estimate of drug-likeness (QED) is 0.703. The van der Waals surface area contributed by atoms with Crippen LogP contribution in [0.4, 0.5) is 0 Å². The molecule has 3 aromatic rings. The molecule has 1 fully saturated rings. The first kappa shape index (κ1) is 16.3. The van der Waals surface area contributed by atoms with Crippen LogP contribution in [0.25, 0.3) is 10.1 Å². The van der Waals surface area contributed by atoms with Gasteiger partial charge in [-0.2, -0.15) is 0 Å². The highest BCUT2D eigenvalue weighted by molar-refractivity contribution is 7.19. The minimum Gasteiger partial charge on any atom is -0.335 e. The molecular weight excluding hydrogens is 332 g/mol. The minimum atomic E-state index is -0.0699. The molecule has 6 heteroatoms. The lowest BCUT2D eigenvalue weighted by Gasteiger charge is -2.21. The van der Waals surface area contributed by atoms with Crippen LogP contribution in [0.3, 0.4) is 0 Å². The van der Waals surface area contributed by atoms with Crippen molar-refractivity contribution in [3.8, 4) is 0 Å². The largest absolute Gasteiger partial charge is 0.335 e. The van der Waals surface area contributed by atoms with Crippen LogP contribution in [-0.4, -0.2) is 32.8 Å². The van der Waals surface area contributed by atoms with Gasteiger partial charge in [0.15, 0.2) is 5.69 Å². The molecule has 25 heavy (non-hydrogen) atoms. The van der Waals surface area contributed by atoms with Crippen molar-refractivity contribution in [2.45, 2.75) is 44.7 Å². The number of hydrogen-bond donors (Lipinski definition) is 0. The summed E-state index contributed by atoms with van der Waals surface area (Å²) < 4.78 is 3.14. The highest BCUT2D eigenvalue weighted by Gasteiger charge is 2.21. The first-order chi connectivity index (χ1) is 12.2. The molecule has 0 atom stereocenters. The molecule has 0 spiro atoms. The van der Waals surface area contributed by atoms with E-state index in [1.807, 2.05) is 30.1 Å². The minimum absolute atomic E-state index is 0.0699. The standard InChI is InChI=1S/C19H22N4OS/c1-22(12-16-11-14-7-5-6-10-18(14)25-16)19(24)17-13-23(21-20-17)15-8-3-2-4-9-15/h5-7,10-11,13,15H,2-4,8-9,12H2,1H3. The summed E-state index contributed by atoms with van der Waals surface area (Å²) in [6.45, 7) is 0.592. The van der Waals surface area contributed by atoms with E-state index in [1.165, 1.54) is 34.2 Å². The Labute approximate surface area is 151 Å². The third kappa shape index (κ3) is 3.44. The van der Waals surface area contributed by atoms with Crippen molar-refractivity contribution >= 4 is 27.3 Å². The van der Waals surface area contributed by atoms with Crippen LogP contribution >= 0.6 is 11.3 Å². The van der Waals surface area contributed by atoms with Gasteiger partial charge < -0.3 is 4.90 Å². The predicted molar refractivity (Wildman–Crippen MR) is 99.8 cm³/mol. The first-order valence-corrected chi connectivity index (χ1v) is 9.67. The van der Waals surface area contributed by atoms with Gasteiger partial charge in [-0.15, -0.1) is 16.4 Å². The van der Waals surface area contributed by atoms with E-state index in [0.717, 1.165) is 12.8 Å². The highest BCUT2D eigenvalue weighted by atomic mass is 32.1. The molecule has 1 aliphatic carbocycles. The van der Waals surface area contributed by atoms with Crippen molar-refractivity contribution in [3.63, 3.8) is 0 Å². The number of rotatable bonds is 4. The Hall–Kier alpha value is -2.21. The lowest BCUT2D eigenvalue weighted by molar-refractivity contribution is 0.0780. The van der Waals surface area contributed by atoms with Crippen LogP contribution in [0.5, 0.6) is 0 Å². The van der Waals surface area contributed by atoms with Gasteiger partial charge in [0, 0.05) is 16.6 Å². The number of aromatic nitrogens is 3. The number of thiophene rings is 1. The predicted octanol–water partition coefficient (Wildman–Crippen LogP) is 4.27. The van der Waals surface area contributed by atoms with Crippen LogP contribution < -0.4 is 0 Å². The zero-order valence-electron chi connectivity index (χ0n) is 14.4. The fraction of sp³-hybridized carbons (Fsp3) is 0.421. The molecule has 0 N–H and O–H groups in total. The summed E-state index contributed by atoms with van der Waals surface area (Å²) in [5.74, 6) is -0.0699.